The monoisotopic (exact) mass is 332 g/mol. The Kier molecular flexibility index (Phi) is 4.32. The lowest BCUT2D eigenvalue weighted by Gasteiger charge is -2.10. The predicted octanol–water partition coefficient (Wildman–Crippen LogP) is 0.410. The molecule has 1 heterocycles. The van der Waals surface area contributed by atoms with Gasteiger partial charge in [0.1, 0.15) is 11.9 Å². The molecule has 0 aromatic heterocycles. The molecule has 1 fully saturated rings. The number of hydrogen-bond acceptors (Lipinski definition) is 5. The fourth-order valence-corrected chi connectivity index (χ4v) is 5.10. The van der Waals surface area contributed by atoms with Gasteiger partial charge in [0, 0.05) is 6.54 Å². The number of sulfonamides is 1. The average Bonchev–Trinajstić information content (AvgIpc) is 2.76. The minimum absolute atomic E-state index is 0.000820. The Morgan fingerprint density at radius 2 is 2.14 bits per heavy atom. The van der Waals surface area contributed by atoms with E-state index in [0.717, 1.165) is 18.2 Å². The first-order valence-electron chi connectivity index (χ1n) is 6.13. The van der Waals surface area contributed by atoms with Crippen molar-refractivity contribution in [3.63, 3.8) is 0 Å². The van der Waals surface area contributed by atoms with E-state index in [2.05, 4.69) is 4.72 Å². The summed E-state index contributed by atoms with van der Waals surface area (Å²) in [5, 5.41) is 8.70. The van der Waals surface area contributed by atoms with Crippen LogP contribution in [-0.2, 0) is 19.9 Å². The second-order valence-electron chi connectivity index (χ2n) is 4.87. The fourth-order valence-electron chi connectivity index (χ4n) is 2.10. The first-order chi connectivity index (χ1) is 9.73. The van der Waals surface area contributed by atoms with Gasteiger partial charge in [-0.3, -0.25) is 0 Å². The number of nitrogens with zero attached hydrogens (tertiary/aromatic N) is 1. The summed E-state index contributed by atoms with van der Waals surface area (Å²) >= 11 is 0. The first kappa shape index (κ1) is 15.9. The quantitative estimate of drug-likeness (QED) is 0.860. The van der Waals surface area contributed by atoms with Gasteiger partial charge in [-0.15, -0.1) is 0 Å². The van der Waals surface area contributed by atoms with Crippen LogP contribution < -0.4 is 4.72 Å². The summed E-state index contributed by atoms with van der Waals surface area (Å²) in [6.07, 6.45) is 0.414. The van der Waals surface area contributed by atoms with E-state index in [9.17, 15) is 21.2 Å². The van der Waals surface area contributed by atoms with E-state index >= 15 is 0 Å². The number of nitriles is 1. The SMILES string of the molecule is N#Cc1cc(S(=O)(=O)NCC2CCS(=O)(=O)C2)ccc1F. The summed E-state index contributed by atoms with van der Waals surface area (Å²) in [5.74, 6) is -1.03. The van der Waals surface area contributed by atoms with Crippen molar-refractivity contribution in [2.45, 2.75) is 11.3 Å². The molecule has 1 aromatic rings. The van der Waals surface area contributed by atoms with Crippen molar-refractivity contribution in [2.24, 2.45) is 5.92 Å². The largest absolute Gasteiger partial charge is 0.240 e. The summed E-state index contributed by atoms with van der Waals surface area (Å²) in [4.78, 5) is -0.221. The molecule has 1 N–H and O–H groups in total. The highest BCUT2D eigenvalue weighted by Crippen LogP contribution is 2.19. The summed E-state index contributed by atoms with van der Waals surface area (Å²) in [6.45, 7) is 0.000820. The maximum absolute atomic E-state index is 13.2. The minimum atomic E-state index is -3.90. The van der Waals surface area contributed by atoms with Crippen LogP contribution in [0.25, 0.3) is 0 Å². The van der Waals surface area contributed by atoms with Crippen LogP contribution in [0.3, 0.4) is 0 Å². The maximum atomic E-state index is 13.2. The van der Waals surface area contributed by atoms with Gasteiger partial charge in [0.2, 0.25) is 10.0 Å². The van der Waals surface area contributed by atoms with E-state index < -0.39 is 25.7 Å². The van der Waals surface area contributed by atoms with Crippen LogP contribution in [0, 0.1) is 23.1 Å². The molecule has 0 aliphatic carbocycles. The molecular formula is C12H13FN2O4S2. The van der Waals surface area contributed by atoms with Crippen molar-refractivity contribution in [1.29, 1.82) is 5.26 Å². The van der Waals surface area contributed by atoms with Crippen LogP contribution in [0.2, 0.25) is 0 Å². The van der Waals surface area contributed by atoms with Gasteiger partial charge in [-0.25, -0.2) is 25.9 Å². The predicted molar refractivity (Wildman–Crippen MR) is 73.1 cm³/mol. The highest BCUT2D eigenvalue weighted by molar-refractivity contribution is 7.91. The van der Waals surface area contributed by atoms with Crippen LogP contribution in [-0.4, -0.2) is 34.9 Å². The van der Waals surface area contributed by atoms with Crippen molar-refractivity contribution < 1.29 is 21.2 Å². The molecule has 1 aromatic carbocycles. The summed E-state index contributed by atoms with van der Waals surface area (Å²) < 4.78 is 62.1. The molecule has 9 heteroatoms. The molecule has 0 bridgehead atoms. The molecule has 2 rings (SSSR count). The molecule has 6 nitrogen and oxygen atoms in total. The van der Waals surface area contributed by atoms with Crippen molar-refractivity contribution in [2.75, 3.05) is 18.1 Å². The van der Waals surface area contributed by atoms with E-state index in [-0.39, 0.29) is 34.4 Å². The highest BCUT2D eigenvalue weighted by atomic mass is 32.2. The molecule has 0 saturated carbocycles. The topological polar surface area (TPSA) is 104 Å². The molecule has 1 aliphatic heterocycles. The lowest BCUT2D eigenvalue weighted by Crippen LogP contribution is -2.30. The third-order valence-electron chi connectivity index (χ3n) is 3.26. The third kappa shape index (κ3) is 3.78. The third-order valence-corrected chi connectivity index (χ3v) is 6.52. The van der Waals surface area contributed by atoms with Gasteiger partial charge in [0.25, 0.3) is 0 Å². The van der Waals surface area contributed by atoms with Gasteiger partial charge >= 0.3 is 0 Å². The second kappa shape index (κ2) is 5.71. The molecule has 1 atom stereocenters. The van der Waals surface area contributed by atoms with Gasteiger partial charge in [0.15, 0.2) is 9.84 Å². The Labute approximate surface area is 122 Å². The van der Waals surface area contributed by atoms with Gasteiger partial charge in [-0.05, 0) is 30.5 Å². The van der Waals surface area contributed by atoms with Gasteiger partial charge in [-0.2, -0.15) is 5.26 Å². The summed E-state index contributed by atoms with van der Waals surface area (Å²) in [6, 6.07) is 4.49. The molecule has 1 unspecified atom stereocenters. The number of rotatable bonds is 4. The van der Waals surface area contributed by atoms with E-state index in [4.69, 9.17) is 5.26 Å². The zero-order chi connectivity index (χ0) is 15.7. The van der Waals surface area contributed by atoms with Gasteiger partial charge in [0.05, 0.1) is 22.0 Å². The van der Waals surface area contributed by atoms with Crippen LogP contribution in [0.5, 0.6) is 0 Å². The number of halogens is 1. The van der Waals surface area contributed by atoms with Gasteiger partial charge < -0.3 is 0 Å². The Morgan fingerprint density at radius 1 is 1.43 bits per heavy atom. The fraction of sp³-hybridized carbons (Fsp3) is 0.417. The van der Waals surface area contributed by atoms with E-state index in [1.165, 1.54) is 0 Å². The highest BCUT2D eigenvalue weighted by Gasteiger charge is 2.29. The maximum Gasteiger partial charge on any atom is 0.240 e. The Hall–Kier alpha value is -1.50. The van der Waals surface area contributed by atoms with Gasteiger partial charge in [-0.1, -0.05) is 0 Å². The summed E-state index contributed by atoms with van der Waals surface area (Å²) in [5.41, 5.74) is -0.360. The van der Waals surface area contributed by atoms with Crippen LogP contribution in [0.15, 0.2) is 23.1 Å². The molecule has 21 heavy (non-hydrogen) atoms. The van der Waals surface area contributed by atoms with Crippen molar-refractivity contribution in [3.8, 4) is 6.07 Å². The van der Waals surface area contributed by atoms with Crippen LogP contribution >= 0.6 is 0 Å². The molecule has 1 saturated heterocycles. The Morgan fingerprint density at radius 3 is 2.71 bits per heavy atom. The molecule has 0 radical (unpaired) electrons. The Bertz CT molecular complexity index is 797. The second-order valence-corrected chi connectivity index (χ2v) is 8.87. The Balaban J connectivity index is 2.11. The van der Waals surface area contributed by atoms with E-state index in [1.807, 2.05) is 0 Å². The zero-order valence-electron chi connectivity index (χ0n) is 10.9. The number of benzene rings is 1. The van der Waals surface area contributed by atoms with Crippen LogP contribution in [0.4, 0.5) is 4.39 Å². The molecule has 114 valence electrons. The van der Waals surface area contributed by atoms with Crippen molar-refractivity contribution in [1.82, 2.24) is 4.72 Å². The summed E-state index contributed by atoms with van der Waals surface area (Å²) in [7, 11) is -6.97. The van der Waals surface area contributed by atoms with Crippen molar-refractivity contribution >= 4 is 19.9 Å². The number of nitrogens with one attached hydrogen (secondary N) is 1. The molecular weight excluding hydrogens is 319 g/mol. The zero-order valence-corrected chi connectivity index (χ0v) is 12.5. The lowest BCUT2D eigenvalue weighted by molar-refractivity contribution is 0.543. The molecule has 1 aliphatic rings. The number of hydrogen-bond donors (Lipinski definition) is 1. The first-order valence-corrected chi connectivity index (χ1v) is 9.44. The molecule has 0 amide bonds. The number of sulfone groups is 1. The standard InChI is InChI=1S/C12H13FN2O4S2/c13-12-2-1-11(5-10(12)6-14)21(18,19)15-7-9-3-4-20(16,17)8-9/h1-2,5,9,15H,3-4,7-8H2. The molecule has 0 spiro atoms. The smallest absolute Gasteiger partial charge is 0.229 e. The lowest BCUT2D eigenvalue weighted by atomic mass is 10.1. The normalized spacial score (nSPS) is 21.0. The van der Waals surface area contributed by atoms with E-state index in [0.29, 0.717) is 6.42 Å². The average molecular weight is 332 g/mol. The van der Waals surface area contributed by atoms with E-state index in [1.54, 1.807) is 6.07 Å². The van der Waals surface area contributed by atoms with Crippen molar-refractivity contribution in [3.05, 3.63) is 29.6 Å². The van der Waals surface area contributed by atoms with Crippen LogP contribution in [0.1, 0.15) is 12.0 Å². The minimum Gasteiger partial charge on any atom is -0.229 e.